The molecule has 0 aliphatic carbocycles. The van der Waals surface area contributed by atoms with Crippen LogP contribution in [0.4, 0.5) is 0 Å². The van der Waals surface area contributed by atoms with Gasteiger partial charge in [-0.3, -0.25) is 0 Å². The molecule has 4 heteroatoms. The fraction of sp³-hybridized carbons (Fsp3) is 0.273. The van der Waals surface area contributed by atoms with E-state index in [1.165, 1.54) is 0 Å². The Morgan fingerprint density at radius 3 is 2.60 bits per heavy atom. The van der Waals surface area contributed by atoms with Crippen LogP contribution in [0.25, 0.3) is 11.4 Å². The summed E-state index contributed by atoms with van der Waals surface area (Å²) in [5.74, 6) is 0.904. The predicted molar refractivity (Wildman–Crippen MR) is 59.0 cm³/mol. The Kier molecular flexibility index (Phi) is 2.78. The summed E-state index contributed by atoms with van der Waals surface area (Å²) in [6.45, 7) is 3.52. The highest BCUT2D eigenvalue weighted by molar-refractivity contribution is 5.55. The van der Waals surface area contributed by atoms with Crippen LogP contribution in [0.2, 0.25) is 0 Å². The molecule has 1 aromatic heterocycles. The largest absolute Gasteiger partial charge is 0.326 e. The van der Waals surface area contributed by atoms with Crippen molar-refractivity contribution in [2.24, 2.45) is 5.73 Å². The van der Waals surface area contributed by atoms with Gasteiger partial charge in [-0.15, -0.1) is 10.2 Å². The van der Waals surface area contributed by atoms with E-state index >= 15 is 0 Å². The number of benzene rings is 1. The molecule has 0 spiro atoms. The molecule has 0 saturated heterocycles. The first-order chi connectivity index (χ1) is 7.35. The van der Waals surface area contributed by atoms with E-state index in [1.807, 2.05) is 28.8 Å². The molecule has 2 N–H and O–H groups in total. The third kappa shape index (κ3) is 1.89. The zero-order valence-corrected chi connectivity index (χ0v) is 8.72. The van der Waals surface area contributed by atoms with E-state index in [0.29, 0.717) is 6.54 Å². The Hall–Kier alpha value is -1.68. The average Bonchev–Trinajstić information content (AvgIpc) is 2.77. The van der Waals surface area contributed by atoms with E-state index in [1.54, 1.807) is 6.33 Å². The Morgan fingerprint density at radius 2 is 2.00 bits per heavy atom. The van der Waals surface area contributed by atoms with Crippen LogP contribution >= 0.6 is 0 Å². The van der Waals surface area contributed by atoms with Crippen LogP contribution in [0.1, 0.15) is 12.5 Å². The molecule has 4 nitrogen and oxygen atoms in total. The molecule has 0 amide bonds. The van der Waals surface area contributed by atoms with Crippen molar-refractivity contribution in [3.8, 4) is 11.4 Å². The summed E-state index contributed by atoms with van der Waals surface area (Å²) in [4.78, 5) is 0. The molecule has 0 saturated carbocycles. The second kappa shape index (κ2) is 4.23. The highest BCUT2D eigenvalue weighted by atomic mass is 15.3. The molecule has 78 valence electrons. The number of nitrogens with two attached hydrogens (primary N) is 1. The van der Waals surface area contributed by atoms with Crippen molar-refractivity contribution in [2.75, 3.05) is 0 Å². The van der Waals surface area contributed by atoms with E-state index < -0.39 is 0 Å². The number of rotatable bonds is 3. The predicted octanol–water partition coefficient (Wildman–Crippen LogP) is 1.42. The highest BCUT2D eigenvalue weighted by Crippen LogP contribution is 2.16. The van der Waals surface area contributed by atoms with Gasteiger partial charge in [0.1, 0.15) is 6.33 Å². The number of aromatic nitrogens is 3. The summed E-state index contributed by atoms with van der Waals surface area (Å²) in [5, 5.41) is 7.99. The van der Waals surface area contributed by atoms with Crippen LogP contribution in [0, 0.1) is 0 Å². The van der Waals surface area contributed by atoms with Gasteiger partial charge >= 0.3 is 0 Å². The van der Waals surface area contributed by atoms with Crippen LogP contribution in [0.3, 0.4) is 0 Å². The van der Waals surface area contributed by atoms with Gasteiger partial charge in [0.05, 0.1) is 0 Å². The molecule has 2 aromatic rings. The van der Waals surface area contributed by atoms with Crippen molar-refractivity contribution in [1.29, 1.82) is 0 Å². The standard InChI is InChI=1S/C11H14N4/c1-2-15-8-13-14-11(15)10-5-3-9(7-12)4-6-10/h3-6,8H,2,7,12H2,1H3. The van der Waals surface area contributed by atoms with Gasteiger partial charge in [-0.25, -0.2) is 0 Å². The lowest BCUT2D eigenvalue weighted by molar-refractivity contribution is 0.767. The maximum absolute atomic E-state index is 5.54. The molecule has 0 fully saturated rings. The zero-order chi connectivity index (χ0) is 10.7. The minimum absolute atomic E-state index is 0.570. The van der Waals surface area contributed by atoms with Crippen LogP contribution < -0.4 is 5.73 Å². The number of hydrogen-bond donors (Lipinski definition) is 1. The number of hydrogen-bond acceptors (Lipinski definition) is 3. The third-order valence-electron chi connectivity index (χ3n) is 2.40. The van der Waals surface area contributed by atoms with E-state index in [-0.39, 0.29) is 0 Å². The van der Waals surface area contributed by atoms with E-state index in [0.717, 1.165) is 23.5 Å². The molecule has 0 unspecified atom stereocenters. The topological polar surface area (TPSA) is 56.7 Å². The summed E-state index contributed by atoms with van der Waals surface area (Å²) in [6, 6.07) is 8.09. The quantitative estimate of drug-likeness (QED) is 0.819. The molecule has 1 heterocycles. The molecular weight excluding hydrogens is 188 g/mol. The number of nitrogens with zero attached hydrogens (tertiary/aromatic N) is 3. The van der Waals surface area contributed by atoms with Crippen molar-refractivity contribution >= 4 is 0 Å². The molecule has 2 rings (SSSR count). The lowest BCUT2D eigenvalue weighted by atomic mass is 10.1. The third-order valence-corrected chi connectivity index (χ3v) is 2.40. The molecule has 0 bridgehead atoms. The maximum Gasteiger partial charge on any atom is 0.163 e. The van der Waals surface area contributed by atoms with Gasteiger partial charge in [-0.1, -0.05) is 24.3 Å². The summed E-state index contributed by atoms with van der Waals surface area (Å²) in [6.07, 6.45) is 1.74. The SMILES string of the molecule is CCn1cnnc1-c1ccc(CN)cc1. The minimum Gasteiger partial charge on any atom is -0.326 e. The minimum atomic E-state index is 0.570. The highest BCUT2D eigenvalue weighted by Gasteiger charge is 2.04. The van der Waals surface area contributed by atoms with E-state index in [4.69, 9.17) is 5.73 Å². The molecule has 1 aromatic carbocycles. The molecule has 15 heavy (non-hydrogen) atoms. The van der Waals surface area contributed by atoms with Gasteiger partial charge in [-0.05, 0) is 12.5 Å². The van der Waals surface area contributed by atoms with E-state index in [9.17, 15) is 0 Å². The second-order valence-corrected chi connectivity index (χ2v) is 3.34. The smallest absolute Gasteiger partial charge is 0.163 e. The fourth-order valence-electron chi connectivity index (χ4n) is 1.50. The first kappa shape index (κ1) is 9.86. The van der Waals surface area contributed by atoms with Crippen molar-refractivity contribution in [3.05, 3.63) is 36.2 Å². The van der Waals surface area contributed by atoms with Gasteiger partial charge in [0.2, 0.25) is 0 Å². The molecule has 0 aliphatic rings. The van der Waals surface area contributed by atoms with Crippen LogP contribution in [0.5, 0.6) is 0 Å². The zero-order valence-electron chi connectivity index (χ0n) is 8.72. The van der Waals surface area contributed by atoms with Crippen LogP contribution in [0.15, 0.2) is 30.6 Å². The van der Waals surface area contributed by atoms with Crippen molar-refractivity contribution in [2.45, 2.75) is 20.0 Å². The molecule has 0 radical (unpaired) electrons. The van der Waals surface area contributed by atoms with Crippen LogP contribution in [-0.2, 0) is 13.1 Å². The summed E-state index contributed by atoms with van der Waals surface area (Å²) in [7, 11) is 0. The van der Waals surface area contributed by atoms with Crippen molar-refractivity contribution < 1.29 is 0 Å². The normalized spacial score (nSPS) is 10.5. The van der Waals surface area contributed by atoms with Gasteiger partial charge in [0, 0.05) is 18.7 Å². The first-order valence-electron chi connectivity index (χ1n) is 5.02. The molecule has 0 aliphatic heterocycles. The monoisotopic (exact) mass is 202 g/mol. The van der Waals surface area contributed by atoms with Crippen molar-refractivity contribution in [1.82, 2.24) is 14.8 Å². The fourth-order valence-corrected chi connectivity index (χ4v) is 1.50. The summed E-state index contributed by atoms with van der Waals surface area (Å²) >= 11 is 0. The summed E-state index contributed by atoms with van der Waals surface area (Å²) in [5.41, 5.74) is 7.74. The summed E-state index contributed by atoms with van der Waals surface area (Å²) < 4.78 is 2.01. The van der Waals surface area contributed by atoms with Gasteiger partial charge in [-0.2, -0.15) is 0 Å². The van der Waals surface area contributed by atoms with Gasteiger partial charge in [0.15, 0.2) is 5.82 Å². The van der Waals surface area contributed by atoms with E-state index in [2.05, 4.69) is 17.1 Å². The van der Waals surface area contributed by atoms with Crippen LogP contribution in [-0.4, -0.2) is 14.8 Å². The lowest BCUT2D eigenvalue weighted by Gasteiger charge is -2.03. The lowest BCUT2D eigenvalue weighted by Crippen LogP contribution is -1.98. The number of aryl methyl sites for hydroxylation is 1. The molecular formula is C11H14N4. The Balaban J connectivity index is 2.37. The average molecular weight is 202 g/mol. The van der Waals surface area contributed by atoms with Gasteiger partial charge in [0.25, 0.3) is 0 Å². The maximum atomic E-state index is 5.54. The van der Waals surface area contributed by atoms with Gasteiger partial charge < -0.3 is 10.3 Å². The second-order valence-electron chi connectivity index (χ2n) is 3.34. The Labute approximate surface area is 88.8 Å². The first-order valence-corrected chi connectivity index (χ1v) is 5.02. The Bertz CT molecular complexity index is 430. The molecule has 0 atom stereocenters. The van der Waals surface area contributed by atoms with Crippen molar-refractivity contribution in [3.63, 3.8) is 0 Å². The Morgan fingerprint density at radius 1 is 1.27 bits per heavy atom.